The van der Waals surface area contributed by atoms with Gasteiger partial charge in [-0.2, -0.15) is 0 Å². The number of hydrogen-bond donors (Lipinski definition) is 1. The Bertz CT molecular complexity index is 799. The van der Waals surface area contributed by atoms with Crippen LogP contribution in [0.2, 0.25) is 0 Å². The molecule has 7 heteroatoms. The van der Waals surface area contributed by atoms with E-state index in [1.807, 2.05) is 0 Å². The van der Waals surface area contributed by atoms with E-state index in [1.54, 1.807) is 32.4 Å². The summed E-state index contributed by atoms with van der Waals surface area (Å²) in [6, 6.07) is 5.09. The molecule has 0 fully saturated rings. The number of methoxy groups -OCH3 is 2. The van der Waals surface area contributed by atoms with Crippen molar-refractivity contribution >= 4 is 28.2 Å². The van der Waals surface area contributed by atoms with Gasteiger partial charge in [0.2, 0.25) is 0 Å². The van der Waals surface area contributed by atoms with Crippen molar-refractivity contribution in [3.05, 3.63) is 34.2 Å². The van der Waals surface area contributed by atoms with Crippen LogP contribution in [0.3, 0.4) is 0 Å². The summed E-state index contributed by atoms with van der Waals surface area (Å²) < 4.78 is 16.0. The normalized spacial score (nSPS) is 10.9. The molecule has 0 aliphatic heterocycles. The van der Waals surface area contributed by atoms with Crippen LogP contribution in [0.5, 0.6) is 11.5 Å². The number of rotatable bonds is 8. The van der Waals surface area contributed by atoms with Crippen LogP contribution < -0.4 is 20.4 Å². The van der Waals surface area contributed by atoms with Crippen LogP contribution in [-0.2, 0) is 0 Å². The molecule has 0 spiro atoms. The van der Waals surface area contributed by atoms with Gasteiger partial charge in [-0.1, -0.05) is 26.1 Å². The first-order chi connectivity index (χ1) is 12.0. The predicted molar refractivity (Wildman–Crippen MR) is 103 cm³/mol. The summed E-state index contributed by atoms with van der Waals surface area (Å²) in [5.41, 5.74) is 0.240. The molecule has 2 rings (SSSR count). The SMILES string of the molecule is CCN(CC)CCNC(=S)c1cc2c(OC)cc(OC)cc2oc1=O. The first-order valence-corrected chi connectivity index (χ1v) is 8.65. The molecule has 0 aliphatic rings. The van der Waals surface area contributed by atoms with Gasteiger partial charge >= 0.3 is 5.63 Å². The van der Waals surface area contributed by atoms with Gasteiger partial charge in [-0.25, -0.2) is 4.79 Å². The average Bonchev–Trinajstić information content (AvgIpc) is 2.63. The van der Waals surface area contributed by atoms with Crippen molar-refractivity contribution in [2.24, 2.45) is 0 Å². The molecular weight excluding hydrogens is 340 g/mol. The molecule has 2 aromatic rings. The summed E-state index contributed by atoms with van der Waals surface area (Å²) in [5.74, 6) is 1.12. The maximum atomic E-state index is 12.3. The largest absolute Gasteiger partial charge is 0.496 e. The molecule has 6 nitrogen and oxygen atoms in total. The van der Waals surface area contributed by atoms with Crippen LogP contribution in [-0.4, -0.2) is 50.3 Å². The highest BCUT2D eigenvalue weighted by molar-refractivity contribution is 7.80. The predicted octanol–water partition coefficient (Wildman–Crippen LogP) is 2.42. The van der Waals surface area contributed by atoms with Crippen molar-refractivity contribution in [3.63, 3.8) is 0 Å². The number of ether oxygens (including phenoxy) is 2. The molecule has 0 saturated carbocycles. The monoisotopic (exact) mass is 364 g/mol. The number of likely N-dealkylation sites (N-methyl/N-ethyl adjacent to an activating group) is 1. The molecule has 25 heavy (non-hydrogen) atoms. The van der Waals surface area contributed by atoms with Gasteiger partial charge in [-0.05, 0) is 19.2 Å². The summed E-state index contributed by atoms with van der Waals surface area (Å²) in [5, 5.41) is 3.80. The van der Waals surface area contributed by atoms with Gasteiger partial charge in [-0.15, -0.1) is 0 Å². The zero-order valence-electron chi connectivity index (χ0n) is 15.0. The van der Waals surface area contributed by atoms with Gasteiger partial charge in [0.05, 0.1) is 25.2 Å². The molecule has 0 atom stereocenters. The smallest absolute Gasteiger partial charge is 0.346 e. The van der Waals surface area contributed by atoms with Crippen LogP contribution in [0.1, 0.15) is 19.4 Å². The molecule has 1 heterocycles. The third kappa shape index (κ3) is 4.49. The second kappa shape index (κ2) is 8.82. The summed E-state index contributed by atoms with van der Waals surface area (Å²) in [7, 11) is 3.10. The molecule has 1 aromatic heterocycles. The van der Waals surface area contributed by atoms with E-state index >= 15 is 0 Å². The lowest BCUT2D eigenvalue weighted by atomic mass is 10.1. The highest BCUT2D eigenvalue weighted by atomic mass is 32.1. The number of thiocarbonyl (C=S) groups is 1. The fourth-order valence-corrected chi connectivity index (χ4v) is 2.81. The van der Waals surface area contributed by atoms with E-state index in [0.717, 1.165) is 19.6 Å². The van der Waals surface area contributed by atoms with Gasteiger partial charge in [0, 0.05) is 25.2 Å². The summed E-state index contributed by atoms with van der Waals surface area (Å²) >= 11 is 5.37. The first-order valence-electron chi connectivity index (χ1n) is 8.24. The zero-order chi connectivity index (χ0) is 18.4. The fraction of sp³-hybridized carbons (Fsp3) is 0.444. The second-order valence-corrected chi connectivity index (χ2v) is 5.88. The number of hydrogen-bond acceptors (Lipinski definition) is 6. The highest BCUT2D eigenvalue weighted by Gasteiger charge is 2.14. The van der Waals surface area contributed by atoms with Crippen molar-refractivity contribution in [3.8, 4) is 11.5 Å². The lowest BCUT2D eigenvalue weighted by Gasteiger charge is -2.18. The number of nitrogens with zero attached hydrogens (tertiary/aromatic N) is 1. The lowest BCUT2D eigenvalue weighted by molar-refractivity contribution is 0.308. The lowest BCUT2D eigenvalue weighted by Crippen LogP contribution is -2.35. The molecule has 0 amide bonds. The van der Waals surface area contributed by atoms with Crippen molar-refractivity contribution in [2.45, 2.75) is 13.8 Å². The Morgan fingerprint density at radius 1 is 1.20 bits per heavy atom. The fourth-order valence-electron chi connectivity index (χ4n) is 2.57. The minimum Gasteiger partial charge on any atom is -0.496 e. The Labute approximate surface area is 152 Å². The Morgan fingerprint density at radius 3 is 2.52 bits per heavy atom. The molecule has 0 radical (unpaired) electrons. The second-order valence-electron chi connectivity index (χ2n) is 5.47. The number of benzene rings is 1. The van der Waals surface area contributed by atoms with E-state index in [4.69, 9.17) is 26.1 Å². The van der Waals surface area contributed by atoms with E-state index in [-0.39, 0.29) is 0 Å². The molecule has 0 unspecified atom stereocenters. The average molecular weight is 364 g/mol. The molecule has 1 N–H and O–H groups in total. The molecule has 0 bridgehead atoms. The van der Waals surface area contributed by atoms with Gasteiger partial charge in [0.25, 0.3) is 0 Å². The van der Waals surface area contributed by atoms with E-state index in [1.165, 1.54) is 0 Å². The Balaban J connectivity index is 2.27. The van der Waals surface area contributed by atoms with Crippen LogP contribution in [0, 0.1) is 0 Å². The van der Waals surface area contributed by atoms with Crippen molar-refractivity contribution < 1.29 is 13.9 Å². The standard InChI is InChI=1S/C18H24N2O4S/c1-5-20(6-2)8-7-19-17(25)14-11-13-15(23-4)9-12(22-3)10-16(13)24-18(14)21/h9-11H,5-8H2,1-4H3,(H,19,25). The van der Waals surface area contributed by atoms with Crippen molar-refractivity contribution in [1.82, 2.24) is 10.2 Å². The Kier molecular flexibility index (Phi) is 6.78. The van der Waals surface area contributed by atoms with Gasteiger partial charge < -0.3 is 24.1 Å². The molecule has 136 valence electrons. The van der Waals surface area contributed by atoms with E-state index in [0.29, 0.717) is 39.6 Å². The minimum atomic E-state index is -0.483. The molecule has 0 saturated heterocycles. The van der Waals surface area contributed by atoms with Crippen LogP contribution >= 0.6 is 12.2 Å². The van der Waals surface area contributed by atoms with Gasteiger partial charge in [0.1, 0.15) is 22.1 Å². The maximum absolute atomic E-state index is 12.3. The van der Waals surface area contributed by atoms with Crippen LogP contribution in [0.4, 0.5) is 0 Å². The van der Waals surface area contributed by atoms with Crippen molar-refractivity contribution in [2.75, 3.05) is 40.4 Å². The first kappa shape index (κ1) is 19.2. The quantitative estimate of drug-likeness (QED) is 0.570. The topological polar surface area (TPSA) is 63.9 Å². The number of fused-ring (bicyclic) bond motifs is 1. The molecule has 0 aliphatic carbocycles. The Hall–Kier alpha value is -2.12. The minimum absolute atomic E-state index is 0.325. The van der Waals surface area contributed by atoms with Crippen LogP contribution in [0.15, 0.2) is 27.4 Å². The number of nitrogens with one attached hydrogen (secondary N) is 1. The van der Waals surface area contributed by atoms with E-state index in [2.05, 4.69) is 24.1 Å². The molecular formula is C18H24N2O4S. The van der Waals surface area contributed by atoms with E-state index in [9.17, 15) is 4.79 Å². The Morgan fingerprint density at radius 2 is 1.92 bits per heavy atom. The van der Waals surface area contributed by atoms with Gasteiger partial charge in [0.15, 0.2) is 0 Å². The molecule has 1 aromatic carbocycles. The van der Waals surface area contributed by atoms with E-state index < -0.39 is 5.63 Å². The summed E-state index contributed by atoms with van der Waals surface area (Å²) in [4.78, 5) is 14.9. The van der Waals surface area contributed by atoms with Crippen molar-refractivity contribution in [1.29, 1.82) is 0 Å². The third-order valence-electron chi connectivity index (χ3n) is 4.10. The van der Waals surface area contributed by atoms with Gasteiger partial charge in [-0.3, -0.25) is 0 Å². The van der Waals surface area contributed by atoms with Crippen LogP contribution in [0.25, 0.3) is 11.0 Å². The zero-order valence-corrected chi connectivity index (χ0v) is 15.9. The highest BCUT2D eigenvalue weighted by Crippen LogP contribution is 2.30. The summed E-state index contributed by atoms with van der Waals surface area (Å²) in [6.07, 6.45) is 0. The third-order valence-corrected chi connectivity index (χ3v) is 4.46. The maximum Gasteiger partial charge on any atom is 0.346 e. The summed E-state index contributed by atoms with van der Waals surface area (Å²) in [6.45, 7) is 7.69.